The molecule has 0 atom stereocenters. The standard InChI is InChI=1S/C14H13N/c1-9-6-7-11-13(8-9)15-12-5-3-4-10(2)14(11)12/h3-8,15H,1-2H3. The van der Waals surface area contributed by atoms with E-state index in [4.69, 9.17) is 0 Å². The molecule has 74 valence electrons. The fourth-order valence-electron chi connectivity index (χ4n) is 2.25. The third-order valence-electron chi connectivity index (χ3n) is 2.99. The van der Waals surface area contributed by atoms with Crippen molar-refractivity contribution in [3.8, 4) is 0 Å². The first-order valence-corrected chi connectivity index (χ1v) is 5.23. The lowest BCUT2D eigenvalue weighted by molar-refractivity contribution is 1.47. The van der Waals surface area contributed by atoms with E-state index < -0.39 is 0 Å². The topological polar surface area (TPSA) is 15.8 Å². The maximum Gasteiger partial charge on any atom is 0.0467 e. The molecule has 3 aromatic rings. The van der Waals surface area contributed by atoms with Crippen LogP contribution in [0.25, 0.3) is 21.8 Å². The summed E-state index contributed by atoms with van der Waals surface area (Å²) in [6.07, 6.45) is 0. The van der Waals surface area contributed by atoms with Gasteiger partial charge in [-0.2, -0.15) is 0 Å². The number of benzene rings is 2. The van der Waals surface area contributed by atoms with Crippen molar-refractivity contribution < 1.29 is 0 Å². The second-order valence-corrected chi connectivity index (χ2v) is 4.17. The summed E-state index contributed by atoms with van der Waals surface area (Å²) in [5.41, 5.74) is 5.10. The molecule has 0 unspecified atom stereocenters. The number of rotatable bonds is 0. The fourth-order valence-corrected chi connectivity index (χ4v) is 2.25. The van der Waals surface area contributed by atoms with Crippen molar-refractivity contribution in [1.29, 1.82) is 0 Å². The van der Waals surface area contributed by atoms with Gasteiger partial charge in [-0.25, -0.2) is 0 Å². The highest BCUT2D eigenvalue weighted by Gasteiger charge is 2.05. The summed E-state index contributed by atoms with van der Waals surface area (Å²) in [6.45, 7) is 4.28. The lowest BCUT2D eigenvalue weighted by Crippen LogP contribution is -1.73. The van der Waals surface area contributed by atoms with Crippen LogP contribution in [0.2, 0.25) is 0 Å². The van der Waals surface area contributed by atoms with Crippen molar-refractivity contribution in [2.75, 3.05) is 0 Å². The van der Waals surface area contributed by atoms with E-state index in [1.807, 2.05) is 0 Å². The van der Waals surface area contributed by atoms with Gasteiger partial charge in [-0.1, -0.05) is 24.3 Å². The van der Waals surface area contributed by atoms with Gasteiger partial charge in [-0.05, 0) is 37.1 Å². The van der Waals surface area contributed by atoms with Crippen LogP contribution in [0.3, 0.4) is 0 Å². The highest BCUT2D eigenvalue weighted by atomic mass is 14.7. The van der Waals surface area contributed by atoms with E-state index in [1.54, 1.807) is 0 Å². The lowest BCUT2D eigenvalue weighted by atomic mass is 10.1. The van der Waals surface area contributed by atoms with Crippen molar-refractivity contribution in [3.05, 3.63) is 47.5 Å². The Morgan fingerprint density at radius 3 is 2.67 bits per heavy atom. The fraction of sp³-hybridized carbons (Fsp3) is 0.143. The van der Waals surface area contributed by atoms with Crippen LogP contribution in [0, 0.1) is 13.8 Å². The Kier molecular flexibility index (Phi) is 1.63. The summed E-state index contributed by atoms with van der Waals surface area (Å²) in [5, 5.41) is 2.68. The number of fused-ring (bicyclic) bond motifs is 3. The minimum Gasteiger partial charge on any atom is -0.354 e. The van der Waals surface area contributed by atoms with Gasteiger partial charge in [0.15, 0.2) is 0 Å². The first-order chi connectivity index (χ1) is 7.25. The van der Waals surface area contributed by atoms with E-state index in [0.29, 0.717) is 0 Å². The summed E-state index contributed by atoms with van der Waals surface area (Å²) in [5.74, 6) is 0. The van der Waals surface area contributed by atoms with E-state index in [0.717, 1.165) is 0 Å². The molecule has 1 aromatic heterocycles. The summed E-state index contributed by atoms with van der Waals surface area (Å²) in [7, 11) is 0. The first kappa shape index (κ1) is 8.54. The van der Waals surface area contributed by atoms with Crippen molar-refractivity contribution in [2.45, 2.75) is 13.8 Å². The molecule has 3 rings (SSSR count). The molecule has 0 fully saturated rings. The Hall–Kier alpha value is -1.76. The number of aromatic amines is 1. The molecule has 1 heterocycles. The highest BCUT2D eigenvalue weighted by Crippen LogP contribution is 2.28. The van der Waals surface area contributed by atoms with Crippen LogP contribution in [-0.4, -0.2) is 4.98 Å². The van der Waals surface area contributed by atoms with Gasteiger partial charge in [0.2, 0.25) is 0 Å². The van der Waals surface area contributed by atoms with Crippen LogP contribution < -0.4 is 0 Å². The molecule has 1 heteroatoms. The average molecular weight is 195 g/mol. The third kappa shape index (κ3) is 1.16. The number of hydrogen-bond acceptors (Lipinski definition) is 0. The second-order valence-electron chi connectivity index (χ2n) is 4.17. The zero-order valence-electron chi connectivity index (χ0n) is 8.96. The van der Waals surface area contributed by atoms with Crippen molar-refractivity contribution in [3.63, 3.8) is 0 Å². The monoisotopic (exact) mass is 195 g/mol. The zero-order chi connectivity index (χ0) is 10.4. The van der Waals surface area contributed by atoms with E-state index in [9.17, 15) is 0 Å². The summed E-state index contributed by atoms with van der Waals surface area (Å²) >= 11 is 0. The van der Waals surface area contributed by atoms with Crippen molar-refractivity contribution >= 4 is 21.8 Å². The first-order valence-electron chi connectivity index (χ1n) is 5.23. The van der Waals surface area contributed by atoms with Gasteiger partial charge in [0.1, 0.15) is 0 Å². The van der Waals surface area contributed by atoms with Gasteiger partial charge < -0.3 is 4.98 Å². The quantitative estimate of drug-likeness (QED) is 0.559. The summed E-state index contributed by atoms with van der Waals surface area (Å²) < 4.78 is 0. The largest absolute Gasteiger partial charge is 0.354 e. The SMILES string of the molecule is Cc1ccc2c(c1)[nH]c1cccc(C)c12. The number of H-pyrrole nitrogens is 1. The maximum absolute atomic E-state index is 3.46. The number of aromatic nitrogens is 1. The molecular weight excluding hydrogens is 182 g/mol. The molecule has 0 saturated heterocycles. The van der Waals surface area contributed by atoms with Crippen LogP contribution >= 0.6 is 0 Å². The number of hydrogen-bond donors (Lipinski definition) is 1. The molecule has 0 aliphatic rings. The molecule has 1 nitrogen and oxygen atoms in total. The molecule has 0 radical (unpaired) electrons. The smallest absolute Gasteiger partial charge is 0.0467 e. The molecule has 1 N–H and O–H groups in total. The van der Waals surface area contributed by atoms with Gasteiger partial charge in [-0.15, -0.1) is 0 Å². The van der Waals surface area contributed by atoms with Crippen LogP contribution in [0.4, 0.5) is 0 Å². The third-order valence-corrected chi connectivity index (χ3v) is 2.99. The van der Waals surface area contributed by atoms with Gasteiger partial charge >= 0.3 is 0 Å². The van der Waals surface area contributed by atoms with E-state index in [-0.39, 0.29) is 0 Å². The molecular formula is C14H13N. The Bertz CT molecular complexity index is 647. The Labute approximate surface area is 88.7 Å². The number of aryl methyl sites for hydroxylation is 2. The second kappa shape index (κ2) is 2.86. The van der Waals surface area contributed by atoms with Crippen LogP contribution in [0.1, 0.15) is 11.1 Å². The molecule has 2 aromatic carbocycles. The molecule has 0 bridgehead atoms. The van der Waals surface area contributed by atoms with Crippen molar-refractivity contribution in [1.82, 2.24) is 4.98 Å². The molecule has 0 aliphatic heterocycles. The Morgan fingerprint density at radius 1 is 0.933 bits per heavy atom. The van der Waals surface area contributed by atoms with E-state index >= 15 is 0 Å². The minimum atomic E-state index is 1.23. The molecule has 0 saturated carbocycles. The van der Waals surface area contributed by atoms with Gasteiger partial charge in [0.25, 0.3) is 0 Å². The molecule has 0 spiro atoms. The van der Waals surface area contributed by atoms with E-state index in [2.05, 4.69) is 55.2 Å². The van der Waals surface area contributed by atoms with Crippen molar-refractivity contribution in [2.24, 2.45) is 0 Å². The normalized spacial score (nSPS) is 11.3. The van der Waals surface area contributed by atoms with Crippen LogP contribution in [0.15, 0.2) is 36.4 Å². The highest BCUT2D eigenvalue weighted by molar-refractivity contribution is 6.08. The van der Waals surface area contributed by atoms with Gasteiger partial charge in [0.05, 0.1) is 0 Å². The Morgan fingerprint density at radius 2 is 1.80 bits per heavy atom. The van der Waals surface area contributed by atoms with E-state index in [1.165, 1.54) is 32.9 Å². The minimum absolute atomic E-state index is 1.23. The predicted molar refractivity (Wildman–Crippen MR) is 65.3 cm³/mol. The molecule has 0 amide bonds. The van der Waals surface area contributed by atoms with Crippen LogP contribution in [-0.2, 0) is 0 Å². The maximum atomic E-state index is 3.46. The van der Waals surface area contributed by atoms with Gasteiger partial charge in [-0.3, -0.25) is 0 Å². The van der Waals surface area contributed by atoms with Crippen LogP contribution in [0.5, 0.6) is 0 Å². The molecule has 0 aliphatic carbocycles. The van der Waals surface area contributed by atoms with Gasteiger partial charge in [0, 0.05) is 21.8 Å². The summed E-state index contributed by atoms with van der Waals surface area (Å²) in [4.78, 5) is 3.46. The summed E-state index contributed by atoms with van der Waals surface area (Å²) in [6, 6.07) is 13.0. The lowest BCUT2D eigenvalue weighted by Gasteiger charge is -1.96. The number of nitrogens with one attached hydrogen (secondary N) is 1. The average Bonchev–Trinajstić information content (AvgIpc) is 2.56. The zero-order valence-corrected chi connectivity index (χ0v) is 8.96. The molecule has 15 heavy (non-hydrogen) atoms. The Balaban J connectivity index is 2.59. The predicted octanol–water partition coefficient (Wildman–Crippen LogP) is 3.94.